The lowest BCUT2D eigenvalue weighted by Crippen LogP contribution is -2.73. The van der Waals surface area contributed by atoms with Crippen molar-refractivity contribution in [2.24, 2.45) is 0 Å². The molecule has 1 fully saturated rings. The van der Waals surface area contributed by atoms with Crippen LogP contribution in [0, 0.1) is 0 Å². The molecule has 9 N–H and O–H groups in total. The highest BCUT2D eigenvalue weighted by atomic mass is 16.5. The van der Waals surface area contributed by atoms with E-state index in [4.69, 9.17) is 28.3 Å². The van der Waals surface area contributed by atoms with E-state index >= 15 is 0 Å². The molecule has 2 aliphatic rings. The average molecular weight is 606 g/mol. The topological polar surface area (TPSA) is 233 Å². The lowest BCUT2D eigenvalue weighted by molar-refractivity contribution is -0.270. The van der Waals surface area contributed by atoms with Crippen molar-refractivity contribution in [2.75, 3.05) is 38.7 Å². The Morgan fingerprint density at radius 3 is 2.20 bits per heavy atom. The Morgan fingerprint density at radius 1 is 1.02 bits per heavy atom. The third kappa shape index (κ3) is 5.53. The van der Waals surface area contributed by atoms with Gasteiger partial charge in [0.1, 0.15) is 35.9 Å². The number of ether oxygens (including phenoxy) is 1. The maximum Gasteiger partial charge on any atom is 0.281 e. The highest BCUT2D eigenvalue weighted by Gasteiger charge is 2.61. The third-order valence-electron chi connectivity index (χ3n) is 7.67. The first-order valence-electron chi connectivity index (χ1n) is 13.1. The van der Waals surface area contributed by atoms with Crippen LogP contribution in [0.4, 0.5) is 5.69 Å². The normalized spacial score (nSPS) is 21.7. The van der Waals surface area contributed by atoms with Gasteiger partial charge in [-0.1, -0.05) is 24.3 Å². The van der Waals surface area contributed by atoms with Crippen molar-refractivity contribution in [1.82, 2.24) is 15.1 Å². The van der Waals surface area contributed by atoms with Gasteiger partial charge < -0.3 is 55.9 Å². The molecule has 44 heavy (non-hydrogen) atoms. The minimum Gasteiger partial charge on any atom is -0.395 e. The van der Waals surface area contributed by atoms with Crippen molar-refractivity contribution in [3.8, 4) is 0 Å². The van der Waals surface area contributed by atoms with Crippen molar-refractivity contribution >= 4 is 47.3 Å². The number of aliphatic hydroxyl groups is 7. The van der Waals surface area contributed by atoms with Gasteiger partial charge in [-0.25, -0.2) is 0 Å². The SMILES string of the molecule is [B]C(O)(c1cccc(C(O)(O)Nc2cccc3c2C(O)(O)N(C(C(=O)NC)C([B])(O)C([B])(O)C=O)C3=O)c1)N1CCOCC1. The zero-order valence-electron chi connectivity index (χ0n) is 23.4. The summed E-state index contributed by atoms with van der Waals surface area (Å²) in [5.41, 5.74) is -10.8. The summed E-state index contributed by atoms with van der Waals surface area (Å²) >= 11 is 0. The quantitative estimate of drug-likeness (QED) is 0.0703. The van der Waals surface area contributed by atoms with Gasteiger partial charge in [0.2, 0.25) is 5.91 Å². The molecular weight excluding hydrogens is 577 g/mol. The maximum absolute atomic E-state index is 13.5. The molecule has 2 amide bonds. The van der Waals surface area contributed by atoms with Crippen molar-refractivity contribution in [3.63, 3.8) is 0 Å². The monoisotopic (exact) mass is 606 g/mol. The van der Waals surface area contributed by atoms with Gasteiger partial charge in [-0.15, -0.1) is 0 Å². The molecule has 0 aliphatic carbocycles. The van der Waals surface area contributed by atoms with Crippen LogP contribution in [-0.2, 0) is 31.8 Å². The molecule has 4 atom stereocenters. The molecule has 2 aromatic rings. The number of benzene rings is 2. The Kier molecular flexibility index (Phi) is 8.82. The van der Waals surface area contributed by atoms with E-state index in [0.717, 1.165) is 19.2 Å². The fourth-order valence-electron chi connectivity index (χ4n) is 5.16. The molecule has 4 unspecified atom stereocenters. The molecule has 1 saturated heterocycles. The van der Waals surface area contributed by atoms with Gasteiger partial charge in [0, 0.05) is 31.4 Å². The number of hydrogen-bond donors (Lipinski definition) is 9. The summed E-state index contributed by atoms with van der Waals surface area (Å²) in [6, 6.07) is 6.11. The fraction of sp³-hybridized carbons (Fsp3) is 0.423. The molecule has 0 bridgehead atoms. The molecule has 0 spiro atoms. The second kappa shape index (κ2) is 11.6. The Morgan fingerprint density at radius 2 is 1.61 bits per heavy atom. The van der Waals surface area contributed by atoms with E-state index in [-0.39, 0.29) is 29.1 Å². The predicted octanol–water partition coefficient (Wildman–Crippen LogP) is -4.92. The van der Waals surface area contributed by atoms with E-state index in [1.54, 1.807) is 0 Å². The van der Waals surface area contributed by atoms with Crippen LogP contribution in [0.5, 0.6) is 0 Å². The summed E-state index contributed by atoms with van der Waals surface area (Å²) in [4.78, 5) is 39.2. The number of amides is 2. The maximum atomic E-state index is 13.5. The molecule has 2 aliphatic heterocycles. The molecule has 6 radical (unpaired) electrons. The van der Waals surface area contributed by atoms with Gasteiger partial charge >= 0.3 is 0 Å². The first-order chi connectivity index (χ1) is 20.3. The number of hydrogen-bond acceptors (Lipinski definition) is 13. The molecule has 2 heterocycles. The van der Waals surface area contributed by atoms with Gasteiger partial charge in [-0.3, -0.25) is 19.4 Å². The number of carbonyl (C=O) groups is 3. The van der Waals surface area contributed by atoms with Crippen molar-refractivity contribution in [2.45, 2.75) is 34.5 Å². The molecular formula is C26H29B3N4O11. The zero-order valence-corrected chi connectivity index (χ0v) is 23.4. The van der Waals surface area contributed by atoms with E-state index in [9.17, 15) is 50.1 Å². The number of anilines is 1. The van der Waals surface area contributed by atoms with Crippen LogP contribution in [0.25, 0.3) is 0 Å². The second-order valence-corrected chi connectivity index (χ2v) is 10.5. The van der Waals surface area contributed by atoms with Crippen molar-refractivity contribution in [3.05, 3.63) is 64.7 Å². The van der Waals surface area contributed by atoms with Crippen LogP contribution in [0.1, 0.15) is 27.0 Å². The van der Waals surface area contributed by atoms with Crippen LogP contribution in [0.2, 0.25) is 0 Å². The summed E-state index contributed by atoms with van der Waals surface area (Å²) in [6.45, 7) is 1.20. The van der Waals surface area contributed by atoms with Gasteiger partial charge in [0.25, 0.3) is 17.7 Å². The number of carbonyl (C=O) groups excluding carboxylic acids is 3. The van der Waals surface area contributed by atoms with Crippen molar-refractivity contribution in [1.29, 1.82) is 0 Å². The zero-order chi connectivity index (χ0) is 32.9. The number of morpholine rings is 1. The lowest BCUT2D eigenvalue weighted by Gasteiger charge is -2.47. The first kappa shape index (κ1) is 33.6. The van der Waals surface area contributed by atoms with E-state index < -0.39 is 69.4 Å². The number of rotatable bonds is 10. The molecule has 4 rings (SSSR count). The van der Waals surface area contributed by atoms with Crippen LogP contribution in [-0.4, -0.2) is 138 Å². The summed E-state index contributed by atoms with van der Waals surface area (Å²) in [7, 11) is 18.3. The van der Waals surface area contributed by atoms with E-state index in [2.05, 4.69) is 5.32 Å². The fourth-order valence-corrected chi connectivity index (χ4v) is 5.16. The Bertz CT molecular complexity index is 1450. The molecule has 0 saturated carbocycles. The van der Waals surface area contributed by atoms with Gasteiger partial charge in [0.15, 0.2) is 0 Å². The summed E-state index contributed by atoms with van der Waals surface area (Å²) in [5, 5.41) is 81.2. The molecule has 15 nitrogen and oxygen atoms in total. The predicted molar refractivity (Wildman–Crippen MR) is 152 cm³/mol. The number of fused-ring (bicyclic) bond motifs is 1. The lowest BCUT2D eigenvalue weighted by atomic mass is 9.55. The highest BCUT2D eigenvalue weighted by Crippen LogP contribution is 2.44. The second-order valence-electron chi connectivity index (χ2n) is 10.5. The minimum absolute atomic E-state index is 0.0308. The van der Waals surface area contributed by atoms with Gasteiger partial charge in [0.05, 0.1) is 41.0 Å². The summed E-state index contributed by atoms with van der Waals surface area (Å²) in [5.74, 6) is -9.25. The average Bonchev–Trinajstić information content (AvgIpc) is 3.18. The summed E-state index contributed by atoms with van der Waals surface area (Å²) < 4.78 is 5.27. The smallest absolute Gasteiger partial charge is 0.281 e. The van der Waals surface area contributed by atoms with Gasteiger partial charge in [-0.05, 0) is 23.8 Å². The van der Waals surface area contributed by atoms with Crippen LogP contribution >= 0.6 is 0 Å². The minimum atomic E-state index is -3.54. The standard InChI is InChI=1S/C26H29B3N4O11/c1-30-20(35)19(23(28,38)22(27,37)13-34)33-21(36)16-6-3-7-17(18(16)26(33,42)43)31-25(40,41)15-5-2-4-14(12-15)24(29,39)32-8-10-44-11-9-32/h2-7,12-13,19,31,37-43H,8-11H2,1H3,(H,30,35). The molecule has 228 valence electrons. The number of likely N-dealkylation sites (N-methyl/N-ethyl adjacent to an activating group) is 1. The van der Waals surface area contributed by atoms with Crippen molar-refractivity contribution < 1.29 is 54.9 Å². The Labute approximate surface area is 255 Å². The third-order valence-corrected chi connectivity index (χ3v) is 7.67. The molecule has 18 heteroatoms. The number of nitrogens with zero attached hydrogens (tertiary/aromatic N) is 2. The molecule has 2 aromatic carbocycles. The van der Waals surface area contributed by atoms with E-state index in [1.807, 2.05) is 5.32 Å². The van der Waals surface area contributed by atoms with Crippen LogP contribution in [0.3, 0.4) is 0 Å². The van der Waals surface area contributed by atoms with Gasteiger partial charge in [-0.2, -0.15) is 0 Å². The van der Waals surface area contributed by atoms with Crippen LogP contribution in [0.15, 0.2) is 42.5 Å². The highest BCUT2D eigenvalue weighted by molar-refractivity contribution is 6.33. The number of aldehydes is 1. The number of nitrogens with one attached hydrogen (secondary N) is 2. The molecule has 0 aromatic heterocycles. The Balaban J connectivity index is 1.75. The summed E-state index contributed by atoms with van der Waals surface area (Å²) in [6.07, 6.45) is -0.415. The van der Waals surface area contributed by atoms with Crippen LogP contribution < -0.4 is 10.6 Å². The van der Waals surface area contributed by atoms with E-state index in [1.165, 1.54) is 35.2 Å². The van der Waals surface area contributed by atoms with E-state index in [0.29, 0.717) is 13.2 Å². The first-order valence-corrected chi connectivity index (χ1v) is 13.1. The Hall–Kier alpha value is -3.32. The largest absolute Gasteiger partial charge is 0.395 e.